The van der Waals surface area contributed by atoms with Crippen molar-refractivity contribution in [3.63, 3.8) is 0 Å². The van der Waals surface area contributed by atoms with E-state index in [0.29, 0.717) is 18.7 Å². The lowest BCUT2D eigenvalue weighted by Crippen LogP contribution is -2.36. The Balaban J connectivity index is 1.40. The van der Waals surface area contributed by atoms with Crippen LogP contribution in [0.2, 0.25) is 0 Å². The van der Waals surface area contributed by atoms with E-state index < -0.39 is 10.0 Å². The van der Waals surface area contributed by atoms with Crippen molar-refractivity contribution in [3.8, 4) is 5.75 Å². The summed E-state index contributed by atoms with van der Waals surface area (Å²) in [4.78, 5) is 12.3. The summed E-state index contributed by atoms with van der Waals surface area (Å²) in [6.45, 7) is 2.15. The summed E-state index contributed by atoms with van der Waals surface area (Å²) in [5.41, 5.74) is 2.30. The van der Waals surface area contributed by atoms with Crippen LogP contribution < -0.4 is 14.8 Å². The van der Waals surface area contributed by atoms with Crippen molar-refractivity contribution in [1.29, 1.82) is 0 Å². The van der Waals surface area contributed by atoms with Gasteiger partial charge in [0, 0.05) is 12.6 Å². The van der Waals surface area contributed by atoms with Crippen LogP contribution in [0, 0.1) is 0 Å². The van der Waals surface area contributed by atoms with Gasteiger partial charge in [0.2, 0.25) is 10.0 Å². The second-order valence-corrected chi connectivity index (χ2v) is 9.65. The number of nitrogens with one attached hydrogen (secondary N) is 2. The lowest BCUT2D eigenvalue weighted by atomic mass is 10.1. The number of amides is 1. The molecular formula is C26H30N2O4S. The average molecular weight is 467 g/mol. The van der Waals surface area contributed by atoms with Crippen molar-refractivity contribution in [3.05, 3.63) is 96.1 Å². The smallest absolute Gasteiger partial charge is 0.258 e. The topological polar surface area (TPSA) is 84.5 Å². The Morgan fingerprint density at radius 2 is 1.42 bits per heavy atom. The normalized spacial score (nSPS) is 12.2. The van der Waals surface area contributed by atoms with E-state index in [4.69, 9.17) is 4.74 Å². The molecule has 0 aliphatic carbocycles. The molecule has 0 bridgehead atoms. The van der Waals surface area contributed by atoms with Gasteiger partial charge in [-0.05, 0) is 61.6 Å². The Bertz CT molecular complexity index is 1100. The van der Waals surface area contributed by atoms with Crippen LogP contribution in [-0.2, 0) is 27.7 Å². The van der Waals surface area contributed by atoms with Crippen LogP contribution in [0.5, 0.6) is 5.75 Å². The number of carbonyl (C=O) groups is 1. The van der Waals surface area contributed by atoms with Gasteiger partial charge < -0.3 is 10.1 Å². The SMILES string of the molecule is C[C@H](CCc1ccccc1)NC(=O)COc1ccc(S(=O)(=O)NCCc2ccccc2)cc1. The van der Waals surface area contributed by atoms with Gasteiger partial charge in [0.05, 0.1) is 4.90 Å². The molecule has 0 saturated heterocycles. The molecule has 0 fully saturated rings. The van der Waals surface area contributed by atoms with Crippen LogP contribution in [0.1, 0.15) is 24.5 Å². The zero-order valence-corrected chi connectivity index (χ0v) is 19.6. The maximum Gasteiger partial charge on any atom is 0.258 e. The van der Waals surface area contributed by atoms with Gasteiger partial charge in [-0.25, -0.2) is 13.1 Å². The molecular weight excluding hydrogens is 436 g/mol. The Kier molecular flexibility index (Phi) is 9.04. The highest BCUT2D eigenvalue weighted by Crippen LogP contribution is 2.16. The van der Waals surface area contributed by atoms with Gasteiger partial charge in [-0.1, -0.05) is 60.7 Å². The summed E-state index contributed by atoms with van der Waals surface area (Å²) in [7, 11) is -3.61. The Hall–Kier alpha value is -3.16. The van der Waals surface area contributed by atoms with Gasteiger partial charge in [-0.2, -0.15) is 0 Å². The van der Waals surface area contributed by atoms with Crippen molar-refractivity contribution in [1.82, 2.24) is 10.0 Å². The largest absolute Gasteiger partial charge is 0.484 e. The third-order valence-electron chi connectivity index (χ3n) is 5.17. The first-order chi connectivity index (χ1) is 15.9. The first-order valence-electron chi connectivity index (χ1n) is 11.0. The van der Waals surface area contributed by atoms with Crippen LogP contribution in [0.3, 0.4) is 0 Å². The summed E-state index contributed by atoms with van der Waals surface area (Å²) in [5.74, 6) is 0.222. The van der Waals surface area contributed by atoms with Gasteiger partial charge in [-0.15, -0.1) is 0 Å². The first-order valence-corrected chi connectivity index (χ1v) is 12.5. The number of hydrogen-bond acceptors (Lipinski definition) is 4. The lowest BCUT2D eigenvalue weighted by Gasteiger charge is -2.14. The molecule has 0 aliphatic heterocycles. The number of hydrogen-bond donors (Lipinski definition) is 2. The predicted octanol–water partition coefficient (Wildman–Crippen LogP) is 3.72. The molecule has 0 unspecified atom stereocenters. The molecule has 0 spiro atoms. The minimum absolute atomic E-state index is 0.0239. The third kappa shape index (κ3) is 8.36. The van der Waals surface area contributed by atoms with E-state index in [1.165, 1.54) is 17.7 Å². The average Bonchev–Trinajstić information content (AvgIpc) is 2.83. The molecule has 1 amide bonds. The minimum Gasteiger partial charge on any atom is -0.484 e. The van der Waals surface area contributed by atoms with Crippen molar-refractivity contribution in [2.45, 2.75) is 37.1 Å². The first kappa shape index (κ1) is 24.5. The van der Waals surface area contributed by atoms with Crippen molar-refractivity contribution in [2.24, 2.45) is 0 Å². The highest BCUT2D eigenvalue weighted by Gasteiger charge is 2.14. The molecule has 33 heavy (non-hydrogen) atoms. The molecule has 3 aromatic rings. The zero-order valence-electron chi connectivity index (χ0n) is 18.7. The molecule has 0 aliphatic rings. The maximum atomic E-state index is 12.5. The molecule has 2 N–H and O–H groups in total. The van der Waals surface area contributed by atoms with E-state index in [1.807, 2.05) is 55.5 Å². The summed E-state index contributed by atoms with van der Waals surface area (Å²) < 4.78 is 33.1. The fraction of sp³-hybridized carbons (Fsp3) is 0.269. The highest BCUT2D eigenvalue weighted by molar-refractivity contribution is 7.89. The molecule has 174 valence electrons. The molecule has 7 heteroatoms. The number of sulfonamides is 1. The Morgan fingerprint density at radius 3 is 2.03 bits per heavy atom. The summed E-state index contributed by atoms with van der Waals surface area (Å²) in [6, 6.07) is 25.9. The van der Waals surface area contributed by atoms with E-state index in [0.717, 1.165) is 18.4 Å². The number of ether oxygens (including phenoxy) is 1. The molecule has 6 nitrogen and oxygen atoms in total. The number of benzene rings is 3. The zero-order chi connectivity index (χ0) is 23.5. The van der Waals surface area contributed by atoms with Crippen molar-refractivity contribution < 1.29 is 17.9 Å². The molecule has 3 rings (SSSR count). The molecule has 1 atom stereocenters. The third-order valence-corrected chi connectivity index (χ3v) is 6.65. The van der Waals surface area contributed by atoms with Gasteiger partial charge in [0.1, 0.15) is 5.75 Å². The standard InChI is InChI=1S/C26H30N2O4S/c1-21(12-13-22-8-4-2-5-9-22)28-26(29)20-32-24-14-16-25(17-15-24)33(30,31)27-19-18-23-10-6-3-7-11-23/h2-11,14-17,21,27H,12-13,18-20H2,1H3,(H,28,29)/t21-/m1/s1. The maximum absolute atomic E-state index is 12.5. The van der Waals surface area contributed by atoms with Gasteiger partial charge in [0.15, 0.2) is 6.61 Å². The minimum atomic E-state index is -3.61. The molecule has 3 aromatic carbocycles. The Morgan fingerprint density at radius 1 is 0.848 bits per heavy atom. The van der Waals surface area contributed by atoms with Gasteiger partial charge in [-0.3, -0.25) is 4.79 Å². The van der Waals surface area contributed by atoms with E-state index in [9.17, 15) is 13.2 Å². The van der Waals surface area contributed by atoms with Gasteiger partial charge in [0.25, 0.3) is 5.91 Å². The number of aryl methyl sites for hydroxylation is 1. The predicted molar refractivity (Wildman–Crippen MR) is 130 cm³/mol. The number of carbonyl (C=O) groups excluding carboxylic acids is 1. The van der Waals surface area contributed by atoms with E-state index in [2.05, 4.69) is 22.2 Å². The lowest BCUT2D eigenvalue weighted by molar-refractivity contribution is -0.123. The molecule has 0 heterocycles. The van der Waals surface area contributed by atoms with Crippen LogP contribution in [-0.4, -0.2) is 33.5 Å². The van der Waals surface area contributed by atoms with Crippen LogP contribution in [0.4, 0.5) is 0 Å². The van der Waals surface area contributed by atoms with E-state index >= 15 is 0 Å². The van der Waals surface area contributed by atoms with E-state index in [-0.39, 0.29) is 23.5 Å². The summed E-state index contributed by atoms with van der Waals surface area (Å²) >= 11 is 0. The molecule has 0 saturated carbocycles. The van der Waals surface area contributed by atoms with E-state index in [1.54, 1.807) is 12.1 Å². The van der Waals surface area contributed by atoms with Crippen LogP contribution in [0.15, 0.2) is 89.8 Å². The summed E-state index contributed by atoms with van der Waals surface area (Å²) in [5, 5.41) is 2.92. The monoisotopic (exact) mass is 466 g/mol. The highest BCUT2D eigenvalue weighted by atomic mass is 32.2. The van der Waals surface area contributed by atoms with Crippen molar-refractivity contribution in [2.75, 3.05) is 13.2 Å². The Labute approximate surface area is 196 Å². The molecule has 0 aromatic heterocycles. The van der Waals surface area contributed by atoms with Crippen LogP contribution >= 0.6 is 0 Å². The summed E-state index contributed by atoms with van der Waals surface area (Å²) in [6.07, 6.45) is 2.33. The quantitative estimate of drug-likeness (QED) is 0.426. The fourth-order valence-electron chi connectivity index (χ4n) is 3.34. The fourth-order valence-corrected chi connectivity index (χ4v) is 4.37. The second-order valence-electron chi connectivity index (χ2n) is 7.89. The van der Waals surface area contributed by atoms with Crippen molar-refractivity contribution >= 4 is 15.9 Å². The molecule has 0 radical (unpaired) electrons. The number of rotatable bonds is 12. The van der Waals surface area contributed by atoms with Gasteiger partial charge >= 0.3 is 0 Å². The van der Waals surface area contributed by atoms with Crippen LogP contribution in [0.25, 0.3) is 0 Å². The second kappa shape index (κ2) is 12.2.